The summed E-state index contributed by atoms with van der Waals surface area (Å²) in [5.74, 6) is -0.469. The molecule has 0 atom stereocenters. The largest absolute Gasteiger partial charge is 0.477 e. The van der Waals surface area contributed by atoms with Gasteiger partial charge in [0.05, 0.1) is 21.7 Å². The number of carbonyl (C=O) groups is 1. The highest BCUT2D eigenvalue weighted by atomic mass is 79.9. The van der Waals surface area contributed by atoms with Crippen LogP contribution < -0.4 is 11.1 Å². The van der Waals surface area contributed by atoms with E-state index in [9.17, 15) is 4.79 Å². The number of nitrogen functional groups attached to an aromatic ring is 1. The van der Waals surface area contributed by atoms with Crippen LogP contribution in [0.4, 0.5) is 17.3 Å². The number of nitrogens with zero attached hydrogens (tertiary/aromatic N) is 3. The molecular weight excluding hydrogens is 366 g/mol. The standard InChI is InChI=1S/C13H10BrN7O2/c14-8-7-11(18-4-19-12(7)21-9(8)13(22)23)20-6-1-5(2-15)10(16)17-3-6/h1-4,15H,(H2,16,17)(H,22,23)(H2,18,19,20,21). The molecule has 10 heteroatoms. The monoisotopic (exact) mass is 375 g/mol. The van der Waals surface area contributed by atoms with E-state index < -0.39 is 5.97 Å². The molecule has 0 fully saturated rings. The Morgan fingerprint density at radius 3 is 2.91 bits per heavy atom. The second-order valence-electron chi connectivity index (χ2n) is 4.53. The predicted octanol–water partition coefficient (Wildman–Crippen LogP) is 2.14. The van der Waals surface area contributed by atoms with Crippen molar-refractivity contribution in [2.24, 2.45) is 0 Å². The molecule has 3 aromatic rings. The van der Waals surface area contributed by atoms with Crippen molar-refractivity contribution in [1.82, 2.24) is 19.9 Å². The van der Waals surface area contributed by atoms with Crippen molar-refractivity contribution in [3.05, 3.63) is 34.3 Å². The van der Waals surface area contributed by atoms with E-state index >= 15 is 0 Å². The number of rotatable bonds is 4. The highest BCUT2D eigenvalue weighted by molar-refractivity contribution is 9.10. The number of nitrogens with two attached hydrogens (primary N) is 1. The maximum Gasteiger partial charge on any atom is 0.353 e. The third-order valence-corrected chi connectivity index (χ3v) is 3.90. The minimum absolute atomic E-state index is 0.0147. The fourth-order valence-corrected chi connectivity index (χ4v) is 2.69. The number of hydrogen-bond donors (Lipinski definition) is 5. The molecule has 9 nitrogen and oxygen atoms in total. The lowest BCUT2D eigenvalue weighted by Crippen LogP contribution is -2.01. The third-order valence-electron chi connectivity index (χ3n) is 3.11. The first-order valence-corrected chi connectivity index (χ1v) is 7.09. The highest BCUT2D eigenvalue weighted by Crippen LogP contribution is 2.32. The van der Waals surface area contributed by atoms with E-state index in [1.807, 2.05) is 0 Å². The summed E-state index contributed by atoms with van der Waals surface area (Å²) in [7, 11) is 0. The van der Waals surface area contributed by atoms with Gasteiger partial charge in [-0.15, -0.1) is 0 Å². The van der Waals surface area contributed by atoms with Crippen LogP contribution in [-0.4, -0.2) is 37.2 Å². The number of nitrogens with one attached hydrogen (secondary N) is 3. The molecule has 3 heterocycles. The summed E-state index contributed by atoms with van der Waals surface area (Å²) in [5.41, 5.74) is 7.03. The van der Waals surface area contributed by atoms with Gasteiger partial charge in [-0.3, -0.25) is 0 Å². The molecule has 0 aliphatic rings. The fourth-order valence-electron chi connectivity index (χ4n) is 2.04. The van der Waals surface area contributed by atoms with Crippen molar-refractivity contribution in [3.8, 4) is 0 Å². The van der Waals surface area contributed by atoms with Crippen LogP contribution in [-0.2, 0) is 0 Å². The first-order chi connectivity index (χ1) is 11.0. The fraction of sp³-hybridized carbons (Fsp3) is 0. The molecule has 0 amide bonds. The van der Waals surface area contributed by atoms with Gasteiger partial charge in [-0.05, 0) is 22.0 Å². The smallest absolute Gasteiger partial charge is 0.353 e. The van der Waals surface area contributed by atoms with Crippen LogP contribution in [0, 0.1) is 5.41 Å². The Labute approximate surface area is 137 Å². The second kappa shape index (κ2) is 5.65. The maximum absolute atomic E-state index is 11.2. The number of H-pyrrole nitrogens is 1. The number of halogens is 1. The molecule has 0 aliphatic carbocycles. The van der Waals surface area contributed by atoms with Crippen LogP contribution in [0.1, 0.15) is 16.1 Å². The van der Waals surface area contributed by atoms with Crippen LogP contribution in [0.5, 0.6) is 0 Å². The number of carboxylic acids is 1. The summed E-state index contributed by atoms with van der Waals surface area (Å²) in [5, 5.41) is 20.0. The van der Waals surface area contributed by atoms with Gasteiger partial charge >= 0.3 is 5.97 Å². The van der Waals surface area contributed by atoms with Gasteiger partial charge in [0.25, 0.3) is 0 Å². The van der Waals surface area contributed by atoms with Crippen molar-refractivity contribution < 1.29 is 9.90 Å². The number of anilines is 3. The van der Waals surface area contributed by atoms with Gasteiger partial charge in [-0.1, -0.05) is 0 Å². The quantitative estimate of drug-likeness (QED) is 0.437. The van der Waals surface area contributed by atoms with E-state index in [0.29, 0.717) is 32.6 Å². The lowest BCUT2D eigenvalue weighted by molar-refractivity contribution is 0.0690. The van der Waals surface area contributed by atoms with Gasteiger partial charge in [0.2, 0.25) is 0 Å². The first-order valence-electron chi connectivity index (χ1n) is 6.29. The Morgan fingerprint density at radius 1 is 1.43 bits per heavy atom. The van der Waals surface area contributed by atoms with Crippen molar-refractivity contribution in [2.45, 2.75) is 0 Å². The number of fused-ring (bicyclic) bond motifs is 1. The molecule has 0 radical (unpaired) electrons. The van der Waals surface area contributed by atoms with Gasteiger partial charge < -0.3 is 26.6 Å². The molecule has 3 rings (SSSR count). The average Bonchev–Trinajstić information content (AvgIpc) is 2.87. The minimum atomic E-state index is -1.11. The summed E-state index contributed by atoms with van der Waals surface area (Å²) in [4.78, 5) is 26.1. The van der Waals surface area contributed by atoms with Crippen LogP contribution >= 0.6 is 15.9 Å². The lowest BCUT2D eigenvalue weighted by atomic mass is 10.2. The number of carboxylic acid groups (broad SMARTS) is 1. The van der Waals surface area contributed by atoms with E-state index in [1.54, 1.807) is 6.07 Å². The molecule has 0 bridgehead atoms. The Balaban J connectivity index is 2.10. The average molecular weight is 376 g/mol. The van der Waals surface area contributed by atoms with Crippen LogP contribution in [0.25, 0.3) is 11.0 Å². The van der Waals surface area contributed by atoms with E-state index in [-0.39, 0.29) is 11.5 Å². The summed E-state index contributed by atoms with van der Waals surface area (Å²) < 4.78 is 0.346. The number of pyridine rings is 1. The van der Waals surface area contributed by atoms with Gasteiger partial charge in [-0.2, -0.15) is 0 Å². The topological polar surface area (TPSA) is 154 Å². The Hall–Kier alpha value is -3.01. The molecule has 0 unspecified atom stereocenters. The zero-order valence-corrected chi connectivity index (χ0v) is 13.0. The van der Waals surface area contributed by atoms with Crippen LogP contribution in [0.2, 0.25) is 0 Å². The summed E-state index contributed by atoms with van der Waals surface area (Å²) in [6.45, 7) is 0. The molecule has 0 saturated heterocycles. The summed E-state index contributed by atoms with van der Waals surface area (Å²) in [6.07, 6.45) is 3.90. The van der Waals surface area contributed by atoms with Crippen LogP contribution in [0.3, 0.4) is 0 Å². The normalized spacial score (nSPS) is 10.7. The van der Waals surface area contributed by atoms with Gasteiger partial charge in [0, 0.05) is 11.8 Å². The Morgan fingerprint density at radius 2 is 2.22 bits per heavy atom. The van der Waals surface area contributed by atoms with Crippen molar-refractivity contribution in [1.29, 1.82) is 5.41 Å². The van der Waals surface area contributed by atoms with E-state index in [1.165, 1.54) is 12.5 Å². The van der Waals surface area contributed by atoms with Gasteiger partial charge in [0.15, 0.2) is 0 Å². The molecule has 0 aliphatic heterocycles. The van der Waals surface area contributed by atoms with E-state index in [4.69, 9.17) is 16.2 Å². The molecule has 0 aromatic carbocycles. The second-order valence-corrected chi connectivity index (χ2v) is 5.33. The molecule has 6 N–H and O–H groups in total. The Bertz CT molecular complexity index is 937. The van der Waals surface area contributed by atoms with E-state index in [0.717, 1.165) is 6.21 Å². The maximum atomic E-state index is 11.2. The van der Waals surface area contributed by atoms with Gasteiger partial charge in [0.1, 0.15) is 29.3 Å². The molecule has 0 saturated carbocycles. The van der Waals surface area contributed by atoms with Gasteiger partial charge in [-0.25, -0.2) is 19.7 Å². The highest BCUT2D eigenvalue weighted by Gasteiger charge is 2.19. The van der Waals surface area contributed by atoms with Crippen molar-refractivity contribution in [2.75, 3.05) is 11.1 Å². The summed E-state index contributed by atoms with van der Waals surface area (Å²) in [6, 6.07) is 1.64. The number of aromatic amines is 1. The third kappa shape index (κ3) is 2.59. The summed E-state index contributed by atoms with van der Waals surface area (Å²) >= 11 is 3.25. The molecule has 23 heavy (non-hydrogen) atoms. The molecular formula is C13H10BrN7O2. The molecule has 116 valence electrons. The minimum Gasteiger partial charge on any atom is -0.477 e. The number of aromatic nitrogens is 4. The SMILES string of the molecule is N=Cc1cc(Nc2ncnc3[nH]c(C(=O)O)c(Br)c23)cnc1N. The molecule has 3 aromatic heterocycles. The van der Waals surface area contributed by atoms with Crippen molar-refractivity contribution in [3.63, 3.8) is 0 Å². The van der Waals surface area contributed by atoms with E-state index in [2.05, 4.69) is 41.2 Å². The number of aromatic carboxylic acids is 1. The lowest BCUT2D eigenvalue weighted by Gasteiger charge is -2.08. The van der Waals surface area contributed by atoms with Crippen molar-refractivity contribution >= 4 is 56.5 Å². The Kier molecular flexibility index (Phi) is 3.66. The predicted molar refractivity (Wildman–Crippen MR) is 88.4 cm³/mol. The molecule has 0 spiro atoms. The first kappa shape index (κ1) is 14.9. The number of hydrogen-bond acceptors (Lipinski definition) is 7. The van der Waals surface area contributed by atoms with Crippen LogP contribution in [0.15, 0.2) is 23.1 Å². The zero-order valence-electron chi connectivity index (χ0n) is 11.5. The zero-order chi connectivity index (χ0) is 16.6.